The average Bonchev–Trinajstić information content (AvgIpc) is 2.55. The number of benzene rings is 2. The second-order valence-electron chi connectivity index (χ2n) is 7.10. The van der Waals surface area contributed by atoms with E-state index in [0.717, 1.165) is 16.8 Å². The molecule has 4 heteroatoms. The largest absolute Gasteiger partial charge is 0.449 e. The minimum Gasteiger partial charge on any atom is -0.449 e. The Labute approximate surface area is 151 Å². The van der Waals surface area contributed by atoms with Crippen molar-refractivity contribution >= 4 is 23.3 Å². The van der Waals surface area contributed by atoms with Gasteiger partial charge in [0.05, 0.1) is 2.74 Å². The first kappa shape index (κ1) is 14.4. The van der Waals surface area contributed by atoms with E-state index in [2.05, 4.69) is 10.3 Å². The normalized spacial score (nSPS) is 23.6. The lowest BCUT2D eigenvalue weighted by molar-refractivity contribution is 0.112. The highest BCUT2D eigenvalue weighted by Crippen LogP contribution is 2.42. The Balaban J connectivity index is 2.15. The fourth-order valence-electron chi connectivity index (χ4n) is 2.65. The van der Waals surface area contributed by atoms with Crippen molar-refractivity contribution in [2.75, 3.05) is 11.8 Å². The van der Waals surface area contributed by atoms with Crippen molar-refractivity contribution in [3.05, 3.63) is 64.7 Å². The molecule has 0 radical (unpaired) electrons. The fourth-order valence-corrected chi connectivity index (χ4v) is 2.82. The first-order chi connectivity index (χ1) is 12.0. The third-order valence-electron chi connectivity index (χ3n) is 3.86. The van der Waals surface area contributed by atoms with E-state index in [1.807, 2.05) is 70.2 Å². The number of nitrogens with one attached hydrogen (secondary N) is 1. The van der Waals surface area contributed by atoms with E-state index in [9.17, 15) is 0 Å². The molecule has 1 atom stereocenters. The van der Waals surface area contributed by atoms with Crippen LogP contribution in [-0.2, 0) is 10.3 Å². The van der Waals surface area contributed by atoms with Gasteiger partial charge in [-0.15, -0.1) is 0 Å². The van der Waals surface area contributed by atoms with Gasteiger partial charge in [-0.05, 0) is 36.1 Å². The smallest absolute Gasteiger partial charge is 0.290 e. The van der Waals surface area contributed by atoms with Crippen LogP contribution in [0.1, 0.15) is 41.6 Å². The highest BCUT2D eigenvalue weighted by atomic mass is 35.5. The van der Waals surface area contributed by atoms with Crippen LogP contribution >= 0.6 is 11.6 Å². The van der Waals surface area contributed by atoms with Gasteiger partial charge in [0.25, 0.3) is 6.02 Å². The Morgan fingerprint density at radius 1 is 1.21 bits per heavy atom. The molecule has 0 spiro atoms. The highest BCUT2D eigenvalue weighted by molar-refractivity contribution is 6.30. The van der Waals surface area contributed by atoms with Gasteiger partial charge in [0.2, 0.25) is 0 Å². The van der Waals surface area contributed by atoms with Crippen molar-refractivity contribution < 1.29 is 7.48 Å². The summed E-state index contributed by atoms with van der Waals surface area (Å²) in [5, 5.41) is 3.72. The average molecular weight is 345 g/mol. The molecule has 1 N–H and O–H groups in total. The standard InChI is InChI=1S/C20H23ClN2O/c1-19(2,3)13-22-18-23-17-11-10-15(21)12-16(17)20(4,24-18)14-8-6-5-7-9-14/h5-12H,13H2,1-4H3,(H,22,23)/i13D2. The Kier molecular flexibility index (Phi) is 3.67. The summed E-state index contributed by atoms with van der Waals surface area (Å²) in [7, 11) is 0. The molecule has 0 saturated carbocycles. The lowest BCUT2D eigenvalue weighted by atomic mass is 9.86. The molecule has 3 nitrogen and oxygen atoms in total. The van der Waals surface area contributed by atoms with E-state index in [4.69, 9.17) is 19.1 Å². The van der Waals surface area contributed by atoms with Crippen LogP contribution in [0.25, 0.3) is 0 Å². The Morgan fingerprint density at radius 3 is 2.58 bits per heavy atom. The third-order valence-corrected chi connectivity index (χ3v) is 4.09. The van der Waals surface area contributed by atoms with Gasteiger partial charge in [0, 0.05) is 22.8 Å². The van der Waals surface area contributed by atoms with Crippen LogP contribution in [0.4, 0.5) is 5.69 Å². The molecule has 126 valence electrons. The number of aliphatic imine (C=N–C) groups is 1. The number of anilines is 1. The van der Waals surface area contributed by atoms with Gasteiger partial charge in [-0.3, -0.25) is 0 Å². The van der Waals surface area contributed by atoms with Crippen molar-refractivity contribution in [2.24, 2.45) is 10.4 Å². The third kappa shape index (κ3) is 3.41. The van der Waals surface area contributed by atoms with E-state index in [1.165, 1.54) is 0 Å². The minimum atomic E-state index is -1.79. The number of fused-ring (bicyclic) bond motifs is 1. The van der Waals surface area contributed by atoms with E-state index in [0.29, 0.717) is 5.02 Å². The zero-order valence-corrected chi connectivity index (χ0v) is 15.1. The summed E-state index contributed by atoms with van der Waals surface area (Å²) < 4.78 is 22.8. The van der Waals surface area contributed by atoms with Gasteiger partial charge in [-0.25, -0.2) is 4.99 Å². The Bertz CT molecular complexity index is 847. The maximum Gasteiger partial charge on any atom is 0.290 e. The zero-order chi connectivity index (χ0) is 19.2. The molecule has 0 fully saturated rings. The quantitative estimate of drug-likeness (QED) is 0.786. The molecule has 2 aromatic carbocycles. The predicted molar refractivity (Wildman–Crippen MR) is 101 cm³/mol. The predicted octanol–water partition coefficient (Wildman–Crippen LogP) is 5.45. The first-order valence-electron chi connectivity index (χ1n) is 8.94. The van der Waals surface area contributed by atoms with Crippen molar-refractivity contribution in [3.8, 4) is 0 Å². The maximum absolute atomic E-state index is 8.30. The molecule has 0 aromatic heterocycles. The SMILES string of the molecule is [2H]C([2H])(N=C1Nc2ccc(Cl)cc2C(C)(c2ccccc2)O1)C(C)(C)C. The summed E-state index contributed by atoms with van der Waals surface area (Å²) in [5.41, 5.74) is 1.12. The summed E-state index contributed by atoms with van der Waals surface area (Å²) in [5.74, 6) is 0. The number of rotatable bonds is 2. The van der Waals surface area contributed by atoms with E-state index in [1.54, 1.807) is 6.07 Å². The molecule has 1 unspecified atom stereocenters. The summed E-state index contributed by atoms with van der Waals surface area (Å²) >= 11 is 6.22. The second-order valence-corrected chi connectivity index (χ2v) is 7.53. The van der Waals surface area contributed by atoms with Gasteiger partial charge in [-0.2, -0.15) is 0 Å². The molecule has 1 aliphatic heterocycles. The number of hydrogen-bond acceptors (Lipinski definition) is 2. The molecular weight excluding hydrogens is 320 g/mol. The van der Waals surface area contributed by atoms with Crippen molar-refractivity contribution in [2.45, 2.75) is 33.3 Å². The van der Waals surface area contributed by atoms with Gasteiger partial charge >= 0.3 is 0 Å². The number of amidine groups is 1. The van der Waals surface area contributed by atoms with Gasteiger partial charge < -0.3 is 10.1 Å². The van der Waals surface area contributed by atoms with Crippen LogP contribution in [0.3, 0.4) is 0 Å². The monoisotopic (exact) mass is 344 g/mol. The molecule has 0 saturated heterocycles. The zero-order valence-electron chi connectivity index (χ0n) is 16.4. The minimum absolute atomic E-state index is 0.158. The lowest BCUT2D eigenvalue weighted by Crippen LogP contribution is -2.39. The number of ether oxygens (including phenoxy) is 1. The van der Waals surface area contributed by atoms with Crippen LogP contribution < -0.4 is 5.32 Å². The van der Waals surface area contributed by atoms with Crippen LogP contribution in [0, 0.1) is 5.41 Å². The Hall–Kier alpha value is -2.00. The molecule has 24 heavy (non-hydrogen) atoms. The molecule has 0 bridgehead atoms. The van der Waals surface area contributed by atoms with Crippen molar-refractivity contribution in [1.82, 2.24) is 0 Å². The molecule has 0 aliphatic carbocycles. The highest BCUT2D eigenvalue weighted by Gasteiger charge is 2.38. The number of halogens is 1. The molecular formula is C20H23ClN2O. The van der Waals surface area contributed by atoms with E-state index in [-0.39, 0.29) is 6.02 Å². The number of nitrogens with zero attached hydrogens (tertiary/aromatic N) is 1. The van der Waals surface area contributed by atoms with E-state index >= 15 is 0 Å². The van der Waals surface area contributed by atoms with Crippen LogP contribution in [0.15, 0.2) is 53.5 Å². The maximum atomic E-state index is 8.30. The molecule has 3 rings (SSSR count). The Morgan fingerprint density at radius 2 is 1.92 bits per heavy atom. The summed E-state index contributed by atoms with van der Waals surface area (Å²) in [6.07, 6.45) is 0. The van der Waals surface area contributed by atoms with Gasteiger partial charge in [-0.1, -0.05) is 62.7 Å². The fraction of sp³-hybridized carbons (Fsp3) is 0.350. The van der Waals surface area contributed by atoms with Crippen molar-refractivity contribution in [1.29, 1.82) is 0 Å². The number of hydrogen-bond donors (Lipinski definition) is 1. The second kappa shape index (κ2) is 6.14. The summed E-state index contributed by atoms with van der Waals surface area (Å²) in [6, 6.07) is 15.5. The summed E-state index contributed by atoms with van der Waals surface area (Å²) in [4.78, 5) is 4.27. The van der Waals surface area contributed by atoms with Crippen LogP contribution in [0.2, 0.25) is 5.02 Å². The molecule has 2 aromatic rings. The van der Waals surface area contributed by atoms with E-state index < -0.39 is 17.5 Å². The molecule has 1 heterocycles. The topological polar surface area (TPSA) is 33.6 Å². The summed E-state index contributed by atoms with van der Waals surface area (Å²) in [6.45, 7) is 5.58. The van der Waals surface area contributed by atoms with Crippen LogP contribution in [-0.4, -0.2) is 12.5 Å². The molecule has 1 aliphatic rings. The first-order valence-corrected chi connectivity index (χ1v) is 8.32. The van der Waals surface area contributed by atoms with Gasteiger partial charge in [0.1, 0.15) is 0 Å². The lowest BCUT2D eigenvalue weighted by Gasteiger charge is -2.38. The molecule has 0 amide bonds. The van der Waals surface area contributed by atoms with Crippen LogP contribution in [0.5, 0.6) is 0 Å². The van der Waals surface area contributed by atoms with Crippen molar-refractivity contribution in [3.63, 3.8) is 0 Å². The van der Waals surface area contributed by atoms with Gasteiger partial charge in [0.15, 0.2) is 5.60 Å².